The third-order valence-corrected chi connectivity index (χ3v) is 4.51. The monoisotopic (exact) mass is 263 g/mol. The molecule has 1 fully saturated rings. The van der Waals surface area contributed by atoms with Gasteiger partial charge in [0.15, 0.2) is 0 Å². The minimum atomic E-state index is 0.631. The summed E-state index contributed by atoms with van der Waals surface area (Å²) in [6.07, 6.45) is 4.35. The second kappa shape index (κ2) is 6.46. The molecule has 4 nitrogen and oxygen atoms in total. The summed E-state index contributed by atoms with van der Waals surface area (Å²) in [5.41, 5.74) is 0. The van der Waals surface area contributed by atoms with Crippen LogP contribution in [0.25, 0.3) is 0 Å². The zero-order valence-electron chi connectivity index (χ0n) is 12.5. The van der Waals surface area contributed by atoms with Crippen LogP contribution in [-0.2, 0) is 0 Å². The first-order valence-electron chi connectivity index (χ1n) is 7.47. The van der Waals surface area contributed by atoms with E-state index in [9.17, 15) is 0 Å². The highest BCUT2D eigenvalue weighted by molar-refractivity contribution is 5.34. The topological polar surface area (TPSA) is 28.2 Å². The summed E-state index contributed by atoms with van der Waals surface area (Å²) in [5, 5.41) is 5.91. The molecule has 2 rings (SSSR count). The van der Waals surface area contributed by atoms with Crippen LogP contribution in [0.2, 0.25) is 0 Å². The highest BCUT2D eigenvalue weighted by atomic mass is 15.8. The summed E-state index contributed by atoms with van der Waals surface area (Å²) in [4.78, 5) is 4.68. The summed E-state index contributed by atoms with van der Waals surface area (Å²) in [7, 11) is 2.22. The van der Waals surface area contributed by atoms with Crippen LogP contribution in [0.15, 0.2) is 24.4 Å². The average molecular weight is 263 g/mol. The molecule has 4 heteroatoms. The maximum atomic E-state index is 4.68. The van der Waals surface area contributed by atoms with Crippen molar-refractivity contribution in [3.8, 4) is 0 Å². The van der Waals surface area contributed by atoms with E-state index in [0.29, 0.717) is 6.04 Å². The van der Waals surface area contributed by atoms with Gasteiger partial charge in [-0.15, -0.1) is 0 Å². The minimum Gasteiger partial charge on any atom is -0.316 e. The molecule has 1 N–H and O–H groups in total. The van der Waals surface area contributed by atoms with E-state index in [4.69, 9.17) is 0 Å². The van der Waals surface area contributed by atoms with E-state index in [0.717, 1.165) is 30.8 Å². The lowest BCUT2D eigenvalue weighted by Gasteiger charge is -2.48. The molecule has 0 aliphatic carbocycles. The van der Waals surface area contributed by atoms with Gasteiger partial charge in [0.1, 0.15) is 12.6 Å². The predicted molar refractivity (Wildman–Crippen MR) is 80.8 cm³/mol. The van der Waals surface area contributed by atoms with Gasteiger partial charge in [0.25, 0.3) is 0 Å². The Morgan fingerprint density at radius 2 is 2.05 bits per heavy atom. The van der Waals surface area contributed by atoms with Crippen molar-refractivity contribution in [3.05, 3.63) is 24.4 Å². The van der Waals surface area contributed by atoms with E-state index in [1.165, 1.54) is 18.7 Å². The fraction of sp³-hybridized carbons (Fsp3) is 0.667. The molecule has 1 unspecified atom stereocenters. The molecule has 1 aliphatic rings. The zero-order chi connectivity index (χ0) is 13.7. The number of quaternary nitrogens is 1. The van der Waals surface area contributed by atoms with Gasteiger partial charge in [-0.1, -0.05) is 6.07 Å². The Balaban J connectivity index is 2.41. The summed E-state index contributed by atoms with van der Waals surface area (Å²) >= 11 is 0. The lowest BCUT2D eigenvalue weighted by molar-refractivity contribution is -0.0356. The number of hydrogen-bond donors (Lipinski definition) is 1. The van der Waals surface area contributed by atoms with Crippen LogP contribution in [0.1, 0.15) is 26.7 Å². The molecule has 1 atom stereocenters. The maximum absolute atomic E-state index is 4.68. The summed E-state index contributed by atoms with van der Waals surface area (Å²) in [6, 6.07) is 6.92. The summed E-state index contributed by atoms with van der Waals surface area (Å²) < 4.78 is 0.888. The van der Waals surface area contributed by atoms with Crippen molar-refractivity contribution in [1.29, 1.82) is 0 Å². The molecule has 0 saturated carbocycles. The lowest BCUT2D eigenvalue weighted by atomic mass is 10.0. The first-order chi connectivity index (χ1) is 9.25. The van der Waals surface area contributed by atoms with Gasteiger partial charge in [-0.05, 0) is 19.9 Å². The number of aromatic nitrogens is 1. The number of piperidine rings is 1. The molecular weight excluding hydrogens is 236 g/mol. The number of nitrogens with one attached hydrogen (secondary N) is 1. The first kappa shape index (κ1) is 14.4. The van der Waals surface area contributed by atoms with Crippen LogP contribution in [-0.4, -0.2) is 49.3 Å². The Labute approximate surface area is 117 Å². The molecule has 1 aliphatic heterocycles. The van der Waals surface area contributed by atoms with Crippen molar-refractivity contribution < 1.29 is 0 Å². The Bertz CT molecular complexity index is 375. The van der Waals surface area contributed by atoms with Gasteiger partial charge < -0.3 is 5.32 Å². The number of rotatable bonds is 5. The van der Waals surface area contributed by atoms with Crippen molar-refractivity contribution in [2.75, 3.05) is 33.2 Å². The number of nitrogens with zero attached hydrogens (tertiary/aromatic N) is 3. The van der Waals surface area contributed by atoms with Crippen molar-refractivity contribution in [2.24, 2.45) is 0 Å². The Morgan fingerprint density at radius 1 is 1.32 bits per heavy atom. The van der Waals surface area contributed by atoms with E-state index >= 15 is 0 Å². The van der Waals surface area contributed by atoms with Crippen molar-refractivity contribution >= 4 is 5.82 Å². The van der Waals surface area contributed by atoms with Gasteiger partial charge in [0.2, 0.25) is 5.82 Å². The standard InChI is InChI=1S/C15H27N4/c1-4-18(3)19(5-2,14-9-12-16-13-10-14)15-8-6-7-11-17-15/h6-8,11,14,16H,4-5,9-10,12-13H2,1-3H3/q+1. The second-order valence-corrected chi connectivity index (χ2v) is 5.29. The van der Waals surface area contributed by atoms with Gasteiger partial charge in [-0.3, -0.25) is 0 Å². The first-order valence-corrected chi connectivity index (χ1v) is 7.47. The largest absolute Gasteiger partial charge is 0.316 e. The summed E-state index contributed by atoms with van der Waals surface area (Å²) in [5.74, 6) is 1.18. The maximum Gasteiger partial charge on any atom is 0.247 e. The molecule has 0 amide bonds. The molecule has 0 aromatic carbocycles. The Morgan fingerprint density at radius 3 is 2.58 bits per heavy atom. The molecular formula is C15H27N4+. The Hall–Kier alpha value is -0.970. The molecule has 0 radical (unpaired) electrons. The molecule has 106 valence electrons. The van der Waals surface area contributed by atoms with Crippen LogP contribution < -0.4 is 9.91 Å². The predicted octanol–water partition coefficient (Wildman–Crippen LogP) is 2.03. The molecule has 1 saturated heterocycles. The van der Waals surface area contributed by atoms with Crippen molar-refractivity contribution in [2.45, 2.75) is 32.7 Å². The van der Waals surface area contributed by atoms with Crippen LogP contribution in [0.4, 0.5) is 5.82 Å². The fourth-order valence-corrected chi connectivity index (χ4v) is 3.37. The highest BCUT2D eigenvalue weighted by Crippen LogP contribution is 2.30. The molecule has 19 heavy (non-hydrogen) atoms. The quantitative estimate of drug-likeness (QED) is 0.651. The molecule has 0 spiro atoms. The molecule has 0 bridgehead atoms. The number of pyridine rings is 1. The van der Waals surface area contributed by atoms with Crippen LogP contribution >= 0.6 is 0 Å². The van der Waals surface area contributed by atoms with Crippen molar-refractivity contribution in [3.63, 3.8) is 0 Å². The van der Waals surface area contributed by atoms with Gasteiger partial charge in [0, 0.05) is 51.8 Å². The van der Waals surface area contributed by atoms with E-state index in [2.05, 4.69) is 48.3 Å². The van der Waals surface area contributed by atoms with E-state index in [-0.39, 0.29) is 0 Å². The van der Waals surface area contributed by atoms with Gasteiger partial charge in [0.05, 0.1) is 0 Å². The number of hydrogen-bond acceptors (Lipinski definition) is 3. The molecule has 1 aromatic rings. The third kappa shape index (κ3) is 2.66. The average Bonchev–Trinajstić information content (AvgIpc) is 2.50. The van der Waals surface area contributed by atoms with Gasteiger partial charge >= 0.3 is 0 Å². The van der Waals surface area contributed by atoms with E-state index in [1.54, 1.807) is 0 Å². The van der Waals surface area contributed by atoms with Crippen LogP contribution in [0, 0.1) is 0 Å². The molecule has 2 heterocycles. The third-order valence-electron chi connectivity index (χ3n) is 4.51. The minimum absolute atomic E-state index is 0.631. The second-order valence-electron chi connectivity index (χ2n) is 5.29. The summed E-state index contributed by atoms with van der Waals surface area (Å²) in [6.45, 7) is 8.85. The Kier molecular flexibility index (Phi) is 4.91. The fourth-order valence-electron chi connectivity index (χ4n) is 3.37. The van der Waals surface area contributed by atoms with Crippen molar-refractivity contribution in [1.82, 2.24) is 19.9 Å². The molecule has 1 aromatic heterocycles. The lowest BCUT2D eigenvalue weighted by Crippen LogP contribution is -2.67. The van der Waals surface area contributed by atoms with Crippen LogP contribution in [0.3, 0.4) is 0 Å². The van der Waals surface area contributed by atoms with Crippen LogP contribution in [0.5, 0.6) is 0 Å². The van der Waals surface area contributed by atoms with Gasteiger partial charge in [-0.2, -0.15) is 9.60 Å². The van der Waals surface area contributed by atoms with E-state index < -0.39 is 0 Å². The normalized spacial score (nSPS) is 20.4. The van der Waals surface area contributed by atoms with Gasteiger partial charge in [-0.25, -0.2) is 4.98 Å². The van der Waals surface area contributed by atoms with E-state index in [1.807, 2.05) is 12.3 Å². The highest BCUT2D eigenvalue weighted by Gasteiger charge is 2.43. The zero-order valence-corrected chi connectivity index (χ0v) is 12.5. The smallest absolute Gasteiger partial charge is 0.247 e. The SMILES string of the molecule is CCN(C)[N+](CC)(c1ccccn1)C1CCNCC1.